The molecule has 0 spiro atoms. The van der Waals surface area contributed by atoms with E-state index in [0.717, 1.165) is 0 Å². The molecule has 0 saturated heterocycles. The molecule has 0 atom stereocenters. The van der Waals surface area contributed by atoms with Crippen LogP contribution in [0, 0.1) is 5.82 Å². The van der Waals surface area contributed by atoms with E-state index in [9.17, 15) is 4.39 Å². The molecule has 0 aliphatic carbocycles. The number of nitrogens with zero attached hydrogens (tertiary/aromatic N) is 1. The van der Waals surface area contributed by atoms with E-state index < -0.39 is 11.7 Å². The number of hydrogen-bond acceptors (Lipinski definition) is 3. The SMILES string of the molecule is NC(=NO)c1c(F)cccc1Oc1ccc(Cl)c(Cl)c1. The Morgan fingerprint density at radius 1 is 1.20 bits per heavy atom. The van der Waals surface area contributed by atoms with Crippen LogP contribution in [0.2, 0.25) is 10.0 Å². The van der Waals surface area contributed by atoms with Crippen LogP contribution in [0.3, 0.4) is 0 Å². The normalized spacial score (nSPS) is 11.4. The number of rotatable bonds is 3. The molecule has 20 heavy (non-hydrogen) atoms. The summed E-state index contributed by atoms with van der Waals surface area (Å²) in [7, 11) is 0. The number of benzene rings is 2. The maximum absolute atomic E-state index is 13.7. The predicted molar refractivity (Wildman–Crippen MR) is 75.4 cm³/mol. The number of oxime groups is 1. The second kappa shape index (κ2) is 5.98. The topological polar surface area (TPSA) is 67.8 Å². The van der Waals surface area contributed by atoms with Gasteiger partial charge in [0.05, 0.1) is 15.6 Å². The van der Waals surface area contributed by atoms with Crippen molar-refractivity contribution in [1.29, 1.82) is 0 Å². The molecule has 2 aromatic carbocycles. The van der Waals surface area contributed by atoms with Crippen molar-refractivity contribution in [2.45, 2.75) is 0 Å². The standard InChI is InChI=1S/C13H9Cl2FN2O2/c14-8-5-4-7(6-9(8)15)20-11-3-1-2-10(16)12(11)13(17)18-19/h1-6,19H,(H2,17,18). The van der Waals surface area contributed by atoms with Crippen molar-refractivity contribution in [2.75, 3.05) is 0 Å². The van der Waals surface area contributed by atoms with E-state index in [1.165, 1.54) is 24.3 Å². The fraction of sp³-hybridized carbons (Fsp3) is 0. The zero-order valence-electron chi connectivity index (χ0n) is 9.98. The van der Waals surface area contributed by atoms with Gasteiger partial charge in [0, 0.05) is 6.07 Å². The van der Waals surface area contributed by atoms with E-state index in [1.807, 2.05) is 0 Å². The van der Waals surface area contributed by atoms with Gasteiger partial charge in [-0.2, -0.15) is 0 Å². The Morgan fingerprint density at radius 2 is 1.95 bits per heavy atom. The summed E-state index contributed by atoms with van der Waals surface area (Å²) in [6.45, 7) is 0. The quantitative estimate of drug-likeness (QED) is 0.389. The molecular weight excluding hydrogens is 306 g/mol. The lowest BCUT2D eigenvalue weighted by atomic mass is 10.1. The smallest absolute Gasteiger partial charge is 0.176 e. The Kier molecular flexibility index (Phi) is 4.32. The van der Waals surface area contributed by atoms with E-state index in [-0.39, 0.29) is 11.3 Å². The molecule has 2 rings (SSSR count). The molecule has 0 amide bonds. The lowest BCUT2D eigenvalue weighted by Crippen LogP contribution is -2.16. The molecule has 7 heteroatoms. The van der Waals surface area contributed by atoms with Gasteiger partial charge >= 0.3 is 0 Å². The second-order valence-corrected chi connectivity index (χ2v) is 4.59. The van der Waals surface area contributed by atoms with E-state index in [1.54, 1.807) is 12.1 Å². The second-order valence-electron chi connectivity index (χ2n) is 3.78. The van der Waals surface area contributed by atoms with Gasteiger partial charge in [0.2, 0.25) is 0 Å². The molecular formula is C13H9Cl2FN2O2. The minimum atomic E-state index is -0.669. The highest BCUT2D eigenvalue weighted by Crippen LogP contribution is 2.31. The molecule has 0 unspecified atom stereocenters. The van der Waals surface area contributed by atoms with Gasteiger partial charge in [-0.1, -0.05) is 34.4 Å². The molecule has 0 fully saturated rings. The molecule has 0 radical (unpaired) electrons. The lowest BCUT2D eigenvalue weighted by Gasteiger charge is -2.11. The van der Waals surface area contributed by atoms with Gasteiger partial charge in [-0.3, -0.25) is 0 Å². The van der Waals surface area contributed by atoms with Gasteiger partial charge in [0.25, 0.3) is 0 Å². The average molecular weight is 315 g/mol. The minimum Gasteiger partial charge on any atom is -0.456 e. The van der Waals surface area contributed by atoms with Crippen LogP contribution in [0.25, 0.3) is 0 Å². The first-order valence-electron chi connectivity index (χ1n) is 5.42. The Morgan fingerprint density at radius 3 is 2.60 bits per heavy atom. The van der Waals surface area contributed by atoms with Gasteiger partial charge in [-0.25, -0.2) is 4.39 Å². The number of ether oxygens (including phenoxy) is 1. The maximum atomic E-state index is 13.7. The van der Waals surface area contributed by atoms with Crippen molar-refractivity contribution in [3.05, 3.63) is 57.8 Å². The molecule has 4 nitrogen and oxygen atoms in total. The lowest BCUT2D eigenvalue weighted by molar-refractivity contribution is 0.318. The van der Waals surface area contributed by atoms with E-state index in [2.05, 4.69) is 5.16 Å². The summed E-state index contributed by atoms with van der Waals surface area (Å²) >= 11 is 11.7. The summed E-state index contributed by atoms with van der Waals surface area (Å²) in [6.07, 6.45) is 0. The fourth-order valence-electron chi connectivity index (χ4n) is 1.56. The highest BCUT2D eigenvalue weighted by molar-refractivity contribution is 6.42. The summed E-state index contributed by atoms with van der Waals surface area (Å²) in [6, 6.07) is 8.69. The monoisotopic (exact) mass is 314 g/mol. The Hall–Kier alpha value is -1.98. The van der Waals surface area contributed by atoms with E-state index in [4.69, 9.17) is 38.9 Å². The molecule has 104 valence electrons. The molecule has 0 aliphatic rings. The summed E-state index contributed by atoms with van der Waals surface area (Å²) in [4.78, 5) is 0. The highest BCUT2D eigenvalue weighted by Gasteiger charge is 2.15. The summed E-state index contributed by atoms with van der Waals surface area (Å²) < 4.78 is 19.2. The van der Waals surface area contributed by atoms with Gasteiger partial charge in [-0.15, -0.1) is 0 Å². The first kappa shape index (κ1) is 14.4. The van der Waals surface area contributed by atoms with Crippen LogP contribution in [0.1, 0.15) is 5.56 Å². The third-order valence-corrected chi connectivity index (χ3v) is 3.20. The van der Waals surface area contributed by atoms with Crippen LogP contribution >= 0.6 is 23.2 Å². The summed E-state index contributed by atoms with van der Waals surface area (Å²) in [5, 5.41) is 12.1. The third kappa shape index (κ3) is 2.95. The molecule has 0 aliphatic heterocycles. The highest BCUT2D eigenvalue weighted by atomic mass is 35.5. The van der Waals surface area contributed by atoms with Gasteiger partial charge < -0.3 is 15.7 Å². The predicted octanol–water partition coefficient (Wildman–Crippen LogP) is 4.02. The van der Waals surface area contributed by atoms with E-state index in [0.29, 0.717) is 15.8 Å². The van der Waals surface area contributed by atoms with Gasteiger partial charge in [-0.05, 0) is 24.3 Å². The largest absolute Gasteiger partial charge is 0.456 e. The summed E-state index contributed by atoms with van der Waals surface area (Å²) in [5.74, 6) is -0.619. The zero-order valence-corrected chi connectivity index (χ0v) is 11.5. The Labute approximate surface area is 124 Å². The number of halogens is 3. The van der Waals surface area contributed by atoms with Gasteiger partial charge in [0.1, 0.15) is 17.3 Å². The van der Waals surface area contributed by atoms with Crippen LogP contribution in [0.5, 0.6) is 11.5 Å². The van der Waals surface area contributed by atoms with E-state index >= 15 is 0 Å². The van der Waals surface area contributed by atoms with Crippen LogP contribution < -0.4 is 10.5 Å². The fourth-order valence-corrected chi connectivity index (χ4v) is 1.84. The molecule has 3 N–H and O–H groups in total. The van der Waals surface area contributed by atoms with Crippen molar-refractivity contribution < 1.29 is 14.3 Å². The molecule has 0 saturated carbocycles. The van der Waals surface area contributed by atoms with Crippen molar-refractivity contribution in [2.24, 2.45) is 10.9 Å². The van der Waals surface area contributed by atoms with Crippen molar-refractivity contribution in [3.63, 3.8) is 0 Å². The minimum absolute atomic E-state index is 0.0960. The number of hydrogen-bond donors (Lipinski definition) is 2. The zero-order chi connectivity index (χ0) is 14.7. The third-order valence-electron chi connectivity index (χ3n) is 2.46. The van der Waals surface area contributed by atoms with Crippen LogP contribution in [-0.2, 0) is 0 Å². The van der Waals surface area contributed by atoms with Crippen LogP contribution in [0.15, 0.2) is 41.6 Å². The summed E-state index contributed by atoms with van der Waals surface area (Å²) in [5.41, 5.74) is 5.30. The van der Waals surface area contributed by atoms with Crippen molar-refractivity contribution in [1.82, 2.24) is 0 Å². The first-order chi connectivity index (χ1) is 9.52. The molecule has 2 aromatic rings. The molecule has 0 aromatic heterocycles. The van der Waals surface area contributed by atoms with Crippen LogP contribution in [-0.4, -0.2) is 11.0 Å². The van der Waals surface area contributed by atoms with Gasteiger partial charge in [0.15, 0.2) is 5.84 Å². The number of nitrogens with two attached hydrogens (primary N) is 1. The average Bonchev–Trinajstić information content (AvgIpc) is 2.42. The van der Waals surface area contributed by atoms with Crippen LogP contribution in [0.4, 0.5) is 4.39 Å². The van der Waals surface area contributed by atoms with Crippen molar-refractivity contribution >= 4 is 29.0 Å². The number of amidine groups is 1. The Bertz CT molecular complexity index is 677. The molecule has 0 heterocycles. The Balaban J connectivity index is 2.43. The van der Waals surface area contributed by atoms with Crippen molar-refractivity contribution in [3.8, 4) is 11.5 Å². The molecule has 0 bridgehead atoms. The maximum Gasteiger partial charge on any atom is 0.176 e. The first-order valence-corrected chi connectivity index (χ1v) is 6.18.